The van der Waals surface area contributed by atoms with Crippen molar-refractivity contribution in [3.63, 3.8) is 0 Å². The summed E-state index contributed by atoms with van der Waals surface area (Å²) < 4.78 is 32.7. The van der Waals surface area contributed by atoms with Crippen molar-refractivity contribution >= 4 is 22.2 Å². The van der Waals surface area contributed by atoms with Crippen LogP contribution in [0.25, 0.3) is 0 Å². The second-order valence-corrected chi connectivity index (χ2v) is 4.20. The lowest BCUT2D eigenvalue weighted by atomic mass is 10.9. The van der Waals surface area contributed by atoms with Crippen LogP contribution in [0.1, 0.15) is 13.8 Å². The van der Waals surface area contributed by atoms with Crippen molar-refractivity contribution in [1.82, 2.24) is 10.0 Å². The van der Waals surface area contributed by atoms with Crippen LogP contribution in [-0.2, 0) is 19.5 Å². The third kappa shape index (κ3) is 6.87. The Hall–Kier alpha value is -1.51. The molecule has 9 heteroatoms. The lowest BCUT2D eigenvalue weighted by Crippen LogP contribution is -2.39. The van der Waals surface area contributed by atoms with Gasteiger partial charge >= 0.3 is 12.2 Å². The quantitative estimate of drug-likeness (QED) is 0.700. The highest BCUT2D eigenvalue weighted by molar-refractivity contribution is 7.90. The molecule has 0 saturated carbocycles. The van der Waals surface area contributed by atoms with Crippen LogP contribution < -0.4 is 10.0 Å². The minimum atomic E-state index is -3.95. The SMILES string of the molecule is CCOC(=O)NCS(=O)(=O)NC(=O)OCC. The maximum atomic E-state index is 11.1. The molecule has 0 aliphatic rings. The molecule has 8 nitrogen and oxygen atoms in total. The second kappa shape index (κ2) is 6.88. The first-order valence-corrected chi connectivity index (χ1v) is 6.14. The molecule has 16 heavy (non-hydrogen) atoms. The van der Waals surface area contributed by atoms with Gasteiger partial charge < -0.3 is 14.8 Å². The highest BCUT2D eigenvalue weighted by Gasteiger charge is 2.16. The van der Waals surface area contributed by atoms with Crippen LogP contribution in [0.2, 0.25) is 0 Å². The Morgan fingerprint density at radius 1 is 1.06 bits per heavy atom. The normalized spacial score (nSPS) is 10.4. The summed E-state index contributed by atoms with van der Waals surface area (Å²) in [4.78, 5) is 21.5. The lowest BCUT2D eigenvalue weighted by molar-refractivity contribution is 0.152. The van der Waals surface area contributed by atoms with Crippen molar-refractivity contribution in [2.75, 3.05) is 19.1 Å². The van der Waals surface area contributed by atoms with Crippen molar-refractivity contribution < 1.29 is 27.5 Å². The second-order valence-electron chi connectivity index (χ2n) is 2.48. The number of ether oxygens (including phenoxy) is 2. The molecule has 94 valence electrons. The summed E-state index contributed by atoms with van der Waals surface area (Å²) in [6.07, 6.45) is -1.97. The van der Waals surface area contributed by atoms with E-state index in [1.165, 1.54) is 6.92 Å². The molecular formula is C7H14N2O6S. The molecule has 0 heterocycles. The van der Waals surface area contributed by atoms with Gasteiger partial charge in [0.1, 0.15) is 5.88 Å². The molecule has 0 saturated heterocycles. The lowest BCUT2D eigenvalue weighted by Gasteiger charge is -2.07. The van der Waals surface area contributed by atoms with Gasteiger partial charge in [-0.1, -0.05) is 0 Å². The molecule has 0 aromatic carbocycles. The van der Waals surface area contributed by atoms with Crippen LogP contribution in [0.3, 0.4) is 0 Å². The van der Waals surface area contributed by atoms with Gasteiger partial charge in [0, 0.05) is 0 Å². The Morgan fingerprint density at radius 3 is 2.06 bits per heavy atom. The predicted molar refractivity (Wildman–Crippen MR) is 54.1 cm³/mol. The van der Waals surface area contributed by atoms with E-state index >= 15 is 0 Å². The fraction of sp³-hybridized carbons (Fsp3) is 0.714. The van der Waals surface area contributed by atoms with Gasteiger partial charge in [-0.2, -0.15) is 0 Å². The number of amides is 2. The van der Waals surface area contributed by atoms with Gasteiger partial charge in [-0.05, 0) is 13.8 Å². The van der Waals surface area contributed by atoms with E-state index in [9.17, 15) is 18.0 Å². The predicted octanol–water partition coefficient (Wildman–Crippen LogP) is -0.234. The van der Waals surface area contributed by atoms with Crippen molar-refractivity contribution in [2.24, 2.45) is 0 Å². The Bertz CT molecular complexity index is 339. The summed E-state index contributed by atoms with van der Waals surface area (Å²) in [7, 11) is -3.95. The van der Waals surface area contributed by atoms with E-state index in [1.807, 2.05) is 5.32 Å². The van der Waals surface area contributed by atoms with Crippen molar-refractivity contribution in [2.45, 2.75) is 13.8 Å². The van der Waals surface area contributed by atoms with Crippen molar-refractivity contribution in [3.8, 4) is 0 Å². The molecule has 0 aromatic rings. The highest BCUT2D eigenvalue weighted by atomic mass is 32.2. The van der Waals surface area contributed by atoms with E-state index in [-0.39, 0.29) is 13.2 Å². The van der Waals surface area contributed by atoms with Crippen LogP contribution in [0.5, 0.6) is 0 Å². The number of carbonyl (C=O) groups excluding carboxylic acids is 2. The number of carbonyl (C=O) groups is 2. The fourth-order valence-corrected chi connectivity index (χ4v) is 1.35. The van der Waals surface area contributed by atoms with Gasteiger partial charge in [0.2, 0.25) is 0 Å². The van der Waals surface area contributed by atoms with E-state index < -0.39 is 28.1 Å². The summed E-state index contributed by atoms with van der Waals surface area (Å²) in [5.74, 6) is -0.759. The highest BCUT2D eigenvalue weighted by Crippen LogP contribution is 1.86. The number of alkyl carbamates (subject to hydrolysis) is 1. The van der Waals surface area contributed by atoms with E-state index in [0.29, 0.717) is 0 Å². The molecule has 0 radical (unpaired) electrons. The van der Waals surface area contributed by atoms with Crippen molar-refractivity contribution in [3.05, 3.63) is 0 Å². The van der Waals surface area contributed by atoms with Gasteiger partial charge in [-0.15, -0.1) is 0 Å². The van der Waals surface area contributed by atoms with Crippen LogP contribution in [0.15, 0.2) is 0 Å². The Labute approximate surface area is 93.3 Å². The minimum absolute atomic E-state index is 0.0483. The average Bonchev–Trinajstić information content (AvgIpc) is 2.15. The number of nitrogens with one attached hydrogen (secondary N) is 2. The standard InChI is InChI=1S/C7H14N2O6S/c1-3-14-6(10)8-5-16(12,13)9-7(11)15-4-2/h3-5H2,1-2H3,(H,8,10)(H,9,11). The largest absolute Gasteiger partial charge is 0.450 e. The van der Waals surface area contributed by atoms with Gasteiger partial charge in [-0.25, -0.2) is 22.7 Å². The molecule has 2 N–H and O–H groups in total. The Kier molecular flexibility index (Phi) is 6.23. The number of rotatable bonds is 5. The zero-order chi connectivity index (χ0) is 12.6. The Balaban J connectivity index is 4.06. The maximum absolute atomic E-state index is 11.1. The average molecular weight is 254 g/mol. The first-order valence-electron chi connectivity index (χ1n) is 4.49. The molecule has 0 atom stereocenters. The molecule has 0 bridgehead atoms. The van der Waals surface area contributed by atoms with E-state index in [0.717, 1.165) is 0 Å². The molecule has 0 fully saturated rings. The minimum Gasteiger partial charge on any atom is -0.450 e. The molecule has 0 unspecified atom stereocenters. The zero-order valence-electron chi connectivity index (χ0n) is 8.98. The molecule has 0 aliphatic carbocycles. The molecule has 0 aliphatic heterocycles. The van der Waals surface area contributed by atoms with Crippen LogP contribution >= 0.6 is 0 Å². The number of hydrogen-bond acceptors (Lipinski definition) is 6. The van der Waals surface area contributed by atoms with Gasteiger partial charge in [-0.3, -0.25) is 0 Å². The van der Waals surface area contributed by atoms with E-state index in [4.69, 9.17) is 0 Å². The molecule has 0 rings (SSSR count). The molecule has 0 spiro atoms. The van der Waals surface area contributed by atoms with Gasteiger partial charge in [0.15, 0.2) is 0 Å². The third-order valence-corrected chi connectivity index (χ3v) is 2.20. The molecule has 0 aromatic heterocycles. The van der Waals surface area contributed by atoms with E-state index in [2.05, 4.69) is 9.47 Å². The number of hydrogen-bond donors (Lipinski definition) is 2. The maximum Gasteiger partial charge on any atom is 0.420 e. The molecular weight excluding hydrogens is 240 g/mol. The smallest absolute Gasteiger partial charge is 0.420 e. The van der Waals surface area contributed by atoms with Crippen molar-refractivity contribution in [1.29, 1.82) is 0 Å². The zero-order valence-corrected chi connectivity index (χ0v) is 9.80. The number of sulfonamides is 1. The topological polar surface area (TPSA) is 111 Å². The van der Waals surface area contributed by atoms with E-state index in [1.54, 1.807) is 11.6 Å². The summed E-state index contributed by atoms with van der Waals surface area (Å²) >= 11 is 0. The summed E-state index contributed by atoms with van der Waals surface area (Å²) in [6, 6.07) is 0. The van der Waals surface area contributed by atoms with Gasteiger partial charge in [0.25, 0.3) is 10.0 Å². The summed E-state index contributed by atoms with van der Waals surface area (Å²) in [5.41, 5.74) is 0. The summed E-state index contributed by atoms with van der Waals surface area (Å²) in [5, 5.41) is 1.95. The van der Waals surface area contributed by atoms with Crippen LogP contribution in [0.4, 0.5) is 9.59 Å². The van der Waals surface area contributed by atoms with Crippen LogP contribution in [-0.4, -0.2) is 39.7 Å². The first kappa shape index (κ1) is 14.5. The molecule has 2 amide bonds. The monoisotopic (exact) mass is 254 g/mol. The Morgan fingerprint density at radius 2 is 1.56 bits per heavy atom. The van der Waals surface area contributed by atoms with Crippen LogP contribution in [0, 0.1) is 0 Å². The third-order valence-electron chi connectivity index (χ3n) is 1.20. The summed E-state index contributed by atoms with van der Waals surface area (Å²) in [6.45, 7) is 3.28. The first-order chi connectivity index (χ1) is 7.41. The fourth-order valence-electron chi connectivity index (χ4n) is 0.660. The van der Waals surface area contributed by atoms with Gasteiger partial charge in [0.05, 0.1) is 13.2 Å².